The van der Waals surface area contributed by atoms with Gasteiger partial charge in [-0.2, -0.15) is 0 Å². The van der Waals surface area contributed by atoms with E-state index in [-0.39, 0.29) is 28.9 Å². The summed E-state index contributed by atoms with van der Waals surface area (Å²) in [5.41, 5.74) is 23.7. The number of nitrogens with zero attached hydrogens (tertiary/aromatic N) is 2. The Balaban J connectivity index is 1.32. The lowest BCUT2D eigenvalue weighted by Gasteiger charge is -2.44. The molecule has 0 unspecified atom stereocenters. The molecule has 4 nitrogen and oxygen atoms in total. The zero-order valence-electron chi connectivity index (χ0n) is 40.7. The van der Waals surface area contributed by atoms with Crippen LogP contribution >= 0.6 is 0 Å². The Morgan fingerprint density at radius 1 is 0.500 bits per heavy atom. The largest absolute Gasteiger partial charge is 0.468 e. The molecule has 4 heterocycles. The molecule has 10 rings (SSSR count). The SMILES string of the molecule is Cc1cc(-c2cc3ccccc3o2)cc(C)c1N1c2ccc(C(C)(C)C)cc2B2c3oc4ccc(C(C)(C)C)cc4c3N(c3c(C)cc(C(C)(C)C)cc3C)c3cc(C(C)C)cc1c32. The van der Waals surface area contributed by atoms with Crippen LogP contribution in [0.25, 0.3) is 33.3 Å². The maximum atomic E-state index is 7.38. The molecule has 5 heteroatoms. The van der Waals surface area contributed by atoms with E-state index >= 15 is 0 Å². The molecule has 64 heavy (non-hydrogen) atoms. The number of fused-ring (bicyclic) bond motifs is 7. The number of furan rings is 2. The minimum absolute atomic E-state index is 0.0114. The number of hydrogen-bond acceptors (Lipinski definition) is 4. The first-order valence-electron chi connectivity index (χ1n) is 23.3. The van der Waals surface area contributed by atoms with Crippen molar-refractivity contribution in [3.63, 3.8) is 0 Å². The molecular formula is C59H63BN2O2. The summed E-state index contributed by atoms with van der Waals surface area (Å²) < 4.78 is 13.8. The van der Waals surface area contributed by atoms with Crippen molar-refractivity contribution < 1.29 is 8.83 Å². The summed E-state index contributed by atoms with van der Waals surface area (Å²) in [6.07, 6.45) is 0. The van der Waals surface area contributed by atoms with Crippen LogP contribution in [0.5, 0.6) is 0 Å². The van der Waals surface area contributed by atoms with Crippen LogP contribution in [-0.2, 0) is 16.2 Å². The second kappa shape index (κ2) is 14.3. The molecule has 2 aliphatic heterocycles. The molecule has 0 atom stereocenters. The average Bonchev–Trinajstić information content (AvgIpc) is 3.82. The van der Waals surface area contributed by atoms with Crippen LogP contribution < -0.4 is 26.4 Å². The van der Waals surface area contributed by atoms with E-state index in [1.165, 1.54) is 83.9 Å². The van der Waals surface area contributed by atoms with E-state index in [2.05, 4.69) is 205 Å². The van der Waals surface area contributed by atoms with Crippen LogP contribution in [0.4, 0.5) is 34.1 Å². The van der Waals surface area contributed by atoms with Crippen molar-refractivity contribution in [3.8, 4) is 11.3 Å². The molecule has 0 N–H and O–H groups in total. The van der Waals surface area contributed by atoms with E-state index in [9.17, 15) is 0 Å². The molecule has 0 saturated carbocycles. The number of anilines is 6. The predicted molar refractivity (Wildman–Crippen MR) is 275 cm³/mol. The standard InChI is InChI=1S/C59H63BN2O2/c1-33(2)39-28-47-52-48(29-39)62(54-36(5)26-43(27-37(54)6)59(13,14)15)55-44-31-41(57(7,8)9)21-23-50(44)64-56(55)60(52)45-32-42(58(10,11)12)20-22-46(45)61(47)53-34(3)24-40(25-35(53)4)51-30-38-18-16-17-19-49(38)63-51/h16-33H,1-15H3. The molecule has 0 spiro atoms. The van der Waals surface area contributed by atoms with Crippen molar-refractivity contribution in [1.29, 1.82) is 0 Å². The first-order chi connectivity index (χ1) is 30.1. The molecular weight excluding hydrogens is 779 g/mol. The molecule has 6 aromatic carbocycles. The van der Waals surface area contributed by atoms with Crippen molar-refractivity contribution in [2.24, 2.45) is 0 Å². The zero-order valence-corrected chi connectivity index (χ0v) is 40.7. The number of hydrogen-bond donors (Lipinski definition) is 0. The smallest absolute Gasteiger partial charge is 0.297 e. The molecule has 0 fully saturated rings. The van der Waals surface area contributed by atoms with Crippen molar-refractivity contribution in [1.82, 2.24) is 0 Å². The van der Waals surface area contributed by atoms with Crippen molar-refractivity contribution in [2.75, 3.05) is 9.80 Å². The quantitative estimate of drug-likeness (QED) is 0.165. The van der Waals surface area contributed by atoms with Gasteiger partial charge >= 0.3 is 0 Å². The average molecular weight is 843 g/mol. The van der Waals surface area contributed by atoms with E-state index in [0.717, 1.165) is 44.6 Å². The van der Waals surface area contributed by atoms with Gasteiger partial charge in [-0.3, -0.25) is 0 Å². The molecule has 0 bridgehead atoms. The summed E-state index contributed by atoms with van der Waals surface area (Å²) in [6, 6.07) is 39.0. The summed E-state index contributed by atoms with van der Waals surface area (Å²) in [6.45, 7) is 34.5. The van der Waals surface area contributed by atoms with E-state index in [4.69, 9.17) is 8.83 Å². The van der Waals surface area contributed by atoms with Gasteiger partial charge in [-0.05, 0) is 160 Å². The third-order valence-electron chi connectivity index (χ3n) is 14.1. The number of benzene rings is 6. The molecule has 0 aliphatic carbocycles. The summed E-state index contributed by atoms with van der Waals surface area (Å²) in [4.78, 5) is 5.19. The summed E-state index contributed by atoms with van der Waals surface area (Å²) in [7, 11) is 0. The van der Waals surface area contributed by atoms with Crippen LogP contribution in [0.15, 0.2) is 112 Å². The van der Waals surface area contributed by atoms with Gasteiger partial charge in [-0.1, -0.05) is 125 Å². The minimum atomic E-state index is -0.138. The number of para-hydroxylation sites is 1. The van der Waals surface area contributed by atoms with Crippen LogP contribution in [0.2, 0.25) is 0 Å². The molecule has 0 amide bonds. The highest BCUT2D eigenvalue weighted by molar-refractivity contribution is 7.00. The van der Waals surface area contributed by atoms with E-state index in [1.807, 2.05) is 12.1 Å². The summed E-state index contributed by atoms with van der Waals surface area (Å²) >= 11 is 0. The van der Waals surface area contributed by atoms with Gasteiger partial charge in [0.2, 0.25) is 0 Å². The fraction of sp³-hybridized carbons (Fsp3) is 0.322. The Bertz CT molecular complexity index is 3130. The molecule has 2 aromatic heterocycles. The van der Waals surface area contributed by atoms with Gasteiger partial charge in [0.25, 0.3) is 6.71 Å². The lowest BCUT2D eigenvalue weighted by Crippen LogP contribution is -2.61. The third kappa shape index (κ3) is 6.55. The Kier molecular flexibility index (Phi) is 9.38. The lowest BCUT2D eigenvalue weighted by atomic mass is 9.35. The molecule has 324 valence electrons. The first-order valence-corrected chi connectivity index (χ1v) is 23.3. The maximum absolute atomic E-state index is 7.38. The number of rotatable bonds is 4. The fourth-order valence-corrected chi connectivity index (χ4v) is 10.6. The highest BCUT2D eigenvalue weighted by atomic mass is 16.3. The van der Waals surface area contributed by atoms with Crippen LogP contribution in [-0.4, -0.2) is 6.71 Å². The monoisotopic (exact) mass is 842 g/mol. The second-order valence-electron chi connectivity index (χ2n) is 22.3. The zero-order chi connectivity index (χ0) is 45.5. The maximum Gasteiger partial charge on any atom is 0.297 e. The van der Waals surface area contributed by atoms with Crippen LogP contribution in [0.1, 0.15) is 127 Å². The molecule has 0 radical (unpaired) electrons. The van der Waals surface area contributed by atoms with Gasteiger partial charge in [0.05, 0.1) is 22.7 Å². The van der Waals surface area contributed by atoms with Gasteiger partial charge in [-0.15, -0.1) is 0 Å². The van der Waals surface area contributed by atoms with Crippen molar-refractivity contribution >= 4 is 79.4 Å². The summed E-state index contributed by atoms with van der Waals surface area (Å²) in [5, 5.41) is 2.27. The predicted octanol–water partition coefficient (Wildman–Crippen LogP) is 15.2. The Hall–Kier alpha value is -5.94. The second-order valence-corrected chi connectivity index (χ2v) is 22.3. The van der Waals surface area contributed by atoms with Gasteiger partial charge in [0.15, 0.2) is 0 Å². The Labute approximate surface area is 381 Å². The molecule has 2 aliphatic rings. The van der Waals surface area contributed by atoms with Crippen LogP contribution in [0.3, 0.4) is 0 Å². The van der Waals surface area contributed by atoms with Crippen LogP contribution in [0, 0.1) is 27.7 Å². The topological polar surface area (TPSA) is 32.8 Å². The van der Waals surface area contributed by atoms with E-state index < -0.39 is 0 Å². The minimum Gasteiger partial charge on any atom is -0.468 e. The van der Waals surface area contributed by atoms with Crippen molar-refractivity contribution in [2.45, 2.75) is 126 Å². The highest BCUT2D eigenvalue weighted by Crippen LogP contribution is 2.51. The Morgan fingerprint density at radius 3 is 1.67 bits per heavy atom. The van der Waals surface area contributed by atoms with Gasteiger partial charge < -0.3 is 18.6 Å². The normalized spacial score (nSPS) is 13.9. The molecule has 8 aromatic rings. The third-order valence-corrected chi connectivity index (χ3v) is 14.1. The van der Waals surface area contributed by atoms with Crippen molar-refractivity contribution in [3.05, 3.63) is 148 Å². The van der Waals surface area contributed by atoms with Gasteiger partial charge in [-0.25, -0.2) is 0 Å². The first kappa shape index (κ1) is 42.0. The lowest BCUT2D eigenvalue weighted by molar-refractivity contribution is 0.589. The Morgan fingerprint density at radius 2 is 1.06 bits per heavy atom. The van der Waals surface area contributed by atoms with Gasteiger partial charge in [0.1, 0.15) is 16.9 Å². The van der Waals surface area contributed by atoms with Gasteiger partial charge in [0, 0.05) is 33.4 Å². The highest BCUT2D eigenvalue weighted by Gasteiger charge is 2.48. The van der Waals surface area contributed by atoms with E-state index in [0.29, 0.717) is 0 Å². The fourth-order valence-electron chi connectivity index (χ4n) is 10.6. The van der Waals surface area contributed by atoms with E-state index in [1.54, 1.807) is 0 Å². The summed E-state index contributed by atoms with van der Waals surface area (Å²) in [5.74, 6) is 1.17. The molecule has 0 saturated heterocycles. The number of aryl methyl sites for hydroxylation is 4.